The summed E-state index contributed by atoms with van der Waals surface area (Å²) in [6.07, 6.45) is -3.05. The molecule has 0 aliphatic carbocycles. The molecular formula is C14H25NO6. The van der Waals surface area contributed by atoms with Crippen molar-refractivity contribution in [1.29, 1.82) is 0 Å². The summed E-state index contributed by atoms with van der Waals surface area (Å²) in [5.41, 5.74) is 0. The average Bonchev–Trinajstić information content (AvgIpc) is 2.71. The first kappa shape index (κ1) is 16.6. The van der Waals surface area contributed by atoms with Crippen LogP contribution in [0.3, 0.4) is 0 Å². The zero-order valence-electron chi connectivity index (χ0n) is 12.5. The number of amides is 1. The van der Waals surface area contributed by atoms with Crippen molar-refractivity contribution in [3.05, 3.63) is 0 Å². The van der Waals surface area contributed by atoms with Crippen LogP contribution < -0.4 is 0 Å². The van der Waals surface area contributed by atoms with Crippen LogP contribution in [0.15, 0.2) is 0 Å². The van der Waals surface area contributed by atoms with E-state index in [1.54, 1.807) is 0 Å². The lowest BCUT2D eigenvalue weighted by molar-refractivity contribution is -0.323. The van der Waals surface area contributed by atoms with Gasteiger partial charge in [-0.1, -0.05) is 13.8 Å². The Morgan fingerprint density at radius 1 is 1.38 bits per heavy atom. The Labute approximate surface area is 124 Å². The lowest BCUT2D eigenvalue weighted by atomic mass is 9.96. The number of β-amino-alcohol motifs (C(OH)–C–C–N with tert-alkyl or cyclic N) is 1. The second kappa shape index (κ2) is 6.18. The Bertz CT molecular complexity index is 390. The summed E-state index contributed by atoms with van der Waals surface area (Å²) >= 11 is 0. The highest BCUT2D eigenvalue weighted by Gasteiger charge is 2.50. The zero-order valence-corrected chi connectivity index (χ0v) is 12.5. The van der Waals surface area contributed by atoms with E-state index in [1.807, 2.05) is 0 Å². The molecule has 0 aromatic heterocycles. The van der Waals surface area contributed by atoms with Gasteiger partial charge in [-0.3, -0.25) is 4.79 Å². The standard InChI is InChI=1S/C14H25NO6/c1-8(2)3-9-4-11(17)15(5-9)7-14(20)13(19)12(18)10(16)6-21-14/h8-10,12-13,16,18-20H,3-7H2,1-2H3/t9-,10+,12-,13-,14-/m0/s1. The van der Waals surface area contributed by atoms with Gasteiger partial charge in [0.05, 0.1) is 13.2 Å². The molecule has 0 unspecified atom stereocenters. The maximum Gasteiger partial charge on any atom is 0.223 e. The van der Waals surface area contributed by atoms with Crippen molar-refractivity contribution in [1.82, 2.24) is 4.90 Å². The summed E-state index contributed by atoms with van der Waals surface area (Å²) in [6, 6.07) is 0. The van der Waals surface area contributed by atoms with Crippen LogP contribution >= 0.6 is 0 Å². The van der Waals surface area contributed by atoms with Gasteiger partial charge >= 0.3 is 0 Å². The van der Waals surface area contributed by atoms with Gasteiger partial charge < -0.3 is 30.1 Å². The molecule has 7 heteroatoms. The summed E-state index contributed by atoms with van der Waals surface area (Å²) in [4.78, 5) is 13.5. The predicted octanol–water partition coefficient (Wildman–Crippen LogP) is -1.32. The number of hydrogen-bond donors (Lipinski definition) is 4. The molecule has 7 nitrogen and oxygen atoms in total. The first-order valence-electron chi connectivity index (χ1n) is 7.41. The minimum atomic E-state index is -2.04. The molecule has 122 valence electrons. The van der Waals surface area contributed by atoms with E-state index in [1.165, 1.54) is 4.90 Å². The van der Waals surface area contributed by atoms with Crippen LogP contribution in [0.4, 0.5) is 0 Å². The molecule has 0 radical (unpaired) electrons. The third-order valence-corrected chi connectivity index (χ3v) is 4.20. The molecule has 2 heterocycles. The van der Waals surface area contributed by atoms with Gasteiger partial charge in [0.1, 0.15) is 18.3 Å². The van der Waals surface area contributed by atoms with Crippen LogP contribution in [0.1, 0.15) is 26.7 Å². The van der Waals surface area contributed by atoms with Gasteiger partial charge in [0.15, 0.2) is 0 Å². The van der Waals surface area contributed by atoms with Crippen molar-refractivity contribution in [2.75, 3.05) is 19.7 Å². The molecule has 2 saturated heterocycles. The summed E-state index contributed by atoms with van der Waals surface area (Å²) in [7, 11) is 0. The quantitative estimate of drug-likeness (QED) is 0.513. The maximum absolute atomic E-state index is 12.0. The Morgan fingerprint density at radius 3 is 2.67 bits per heavy atom. The number of likely N-dealkylation sites (tertiary alicyclic amines) is 1. The number of aliphatic hydroxyl groups is 4. The maximum atomic E-state index is 12.0. The SMILES string of the molecule is CC(C)C[C@H]1CC(=O)N(C[C@]2(O)OC[C@@H](O)[C@H](O)[C@@H]2O)C1. The number of carbonyl (C=O) groups excluding carboxylic acids is 1. The fraction of sp³-hybridized carbons (Fsp3) is 0.929. The first-order chi connectivity index (χ1) is 9.73. The Hall–Kier alpha value is -0.730. The van der Waals surface area contributed by atoms with E-state index in [-0.39, 0.29) is 25.0 Å². The number of hydrogen-bond acceptors (Lipinski definition) is 6. The summed E-state index contributed by atoms with van der Waals surface area (Å²) in [5.74, 6) is -1.41. The molecule has 0 spiro atoms. The van der Waals surface area contributed by atoms with E-state index >= 15 is 0 Å². The van der Waals surface area contributed by atoms with E-state index in [9.17, 15) is 25.2 Å². The molecule has 5 atom stereocenters. The Kier molecular flexibility index (Phi) is 4.89. The van der Waals surface area contributed by atoms with Crippen LogP contribution in [0.5, 0.6) is 0 Å². The molecule has 1 amide bonds. The Balaban J connectivity index is 1.99. The Morgan fingerprint density at radius 2 is 2.05 bits per heavy atom. The van der Waals surface area contributed by atoms with Gasteiger partial charge in [-0.15, -0.1) is 0 Å². The lowest BCUT2D eigenvalue weighted by Crippen LogP contribution is -2.64. The van der Waals surface area contributed by atoms with Crippen LogP contribution in [-0.2, 0) is 9.53 Å². The molecular weight excluding hydrogens is 278 g/mol. The molecule has 21 heavy (non-hydrogen) atoms. The highest BCUT2D eigenvalue weighted by molar-refractivity contribution is 5.78. The third kappa shape index (κ3) is 3.54. The number of ether oxygens (including phenoxy) is 1. The van der Waals surface area contributed by atoms with Gasteiger partial charge in [-0.25, -0.2) is 0 Å². The van der Waals surface area contributed by atoms with E-state index in [0.717, 1.165) is 6.42 Å². The molecule has 4 N–H and O–H groups in total. The minimum absolute atomic E-state index is 0.0921. The van der Waals surface area contributed by atoms with E-state index in [2.05, 4.69) is 13.8 Å². The highest BCUT2D eigenvalue weighted by Crippen LogP contribution is 2.29. The predicted molar refractivity (Wildman–Crippen MR) is 73.1 cm³/mol. The molecule has 2 aliphatic heterocycles. The largest absolute Gasteiger partial charge is 0.388 e. The van der Waals surface area contributed by atoms with Gasteiger partial charge in [0.2, 0.25) is 11.7 Å². The highest BCUT2D eigenvalue weighted by atomic mass is 16.6. The molecule has 0 bridgehead atoms. The fourth-order valence-corrected chi connectivity index (χ4v) is 3.13. The van der Waals surface area contributed by atoms with E-state index < -0.39 is 24.1 Å². The third-order valence-electron chi connectivity index (χ3n) is 4.20. The van der Waals surface area contributed by atoms with Crippen LogP contribution in [0.25, 0.3) is 0 Å². The number of aliphatic hydroxyl groups excluding tert-OH is 3. The van der Waals surface area contributed by atoms with E-state index in [4.69, 9.17) is 4.74 Å². The average molecular weight is 303 g/mol. The monoisotopic (exact) mass is 303 g/mol. The van der Waals surface area contributed by atoms with E-state index in [0.29, 0.717) is 18.9 Å². The van der Waals surface area contributed by atoms with Crippen molar-refractivity contribution >= 4 is 5.91 Å². The van der Waals surface area contributed by atoms with Crippen LogP contribution in [0, 0.1) is 11.8 Å². The van der Waals surface area contributed by atoms with Crippen LogP contribution in [-0.4, -0.2) is 75.0 Å². The molecule has 2 rings (SSSR count). The number of carbonyl (C=O) groups is 1. The van der Waals surface area contributed by atoms with Crippen molar-refractivity contribution in [3.63, 3.8) is 0 Å². The van der Waals surface area contributed by atoms with Crippen molar-refractivity contribution in [3.8, 4) is 0 Å². The second-order valence-corrected chi connectivity index (χ2v) is 6.63. The van der Waals surface area contributed by atoms with Gasteiger partial charge in [0, 0.05) is 13.0 Å². The lowest BCUT2D eigenvalue weighted by Gasteiger charge is -2.43. The number of rotatable bonds is 4. The van der Waals surface area contributed by atoms with Gasteiger partial charge in [-0.2, -0.15) is 0 Å². The molecule has 2 aliphatic rings. The summed E-state index contributed by atoms with van der Waals surface area (Å²) < 4.78 is 5.09. The number of nitrogens with zero attached hydrogens (tertiary/aromatic N) is 1. The molecule has 2 fully saturated rings. The minimum Gasteiger partial charge on any atom is -0.388 e. The zero-order chi connectivity index (χ0) is 15.8. The van der Waals surface area contributed by atoms with Crippen molar-refractivity contribution in [2.24, 2.45) is 11.8 Å². The van der Waals surface area contributed by atoms with Crippen molar-refractivity contribution in [2.45, 2.75) is 50.8 Å². The molecule has 0 aromatic rings. The van der Waals surface area contributed by atoms with Crippen molar-refractivity contribution < 1.29 is 30.0 Å². The normalized spacial score (nSPS) is 41.1. The smallest absolute Gasteiger partial charge is 0.223 e. The van der Waals surface area contributed by atoms with Gasteiger partial charge in [0.25, 0.3) is 0 Å². The first-order valence-corrected chi connectivity index (χ1v) is 7.41. The van der Waals surface area contributed by atoms with Crippen LogP contribution in [0.2, 0.25) is 0 Å². The second-order valence-electron chi connectivity index (χ2n) is 6.63. The molecule has 0 saturated carbocycles. The molecule has 0 aromatic carbocycles. The topological polar surface area (TPSA) is 110 Å². The van der Waals surface area contributed by atoms with Gasteiger partial charge in [-0.05, 0) is 18.3 Å². The summed E-state index contributed by atoms with van der Waals surface area (Å²) in [6.45, 7) is 4.20. The summed E-state index contributed by atoms with van der Waals surface area (Å²) in [5, 5.41) is 39.3. The fourth-order valence-electron chi connectivity index (χ4n) is 3.13.